The summed E-state index contributed by atoms with van der Waals surface area (Å²) in [5, 5.41) is 8.33. The molecule has 3 nitrogen and oxygen atoms in total. The van der Waals surface area contributed by atoms with Crippen molar-refractivity contribution in [2.75, 3.05) is 12.0 Å². The van der Waals surface area contributed by atoms with Crippen LogP contribution in [0.25, 0.3) is 0 Å². The Bertz CT molecular complexity index is 168. The van der Waals surface area contributed by atoms with Crippen molar-refractivity contribution in [3.05, 3.63) is 0 Å². The Morgan fingerprint density at radius 2 is 1.77 bits per heavy atom. The summed E-state index contributed by atoms with van der Waals surface area (Å²) >= 11 is 1.66. The van der Waals surface area contributed by atoms with Gasteiger partial charge in [-0.15, -0.1) is 0 Å². The fourth-order valence-corrected chi connectivity index (χ4v) is 1.37. The second kappa shape index (κ2) is 8.10. The molecule has 0 aromatic heterocycles. The van der Waals surface area contributed by atoms with Crippen molar-refractivity contribution in [3.8, 4) is 0 Å². The number of carbonyl (C=O) groups is 2. The summed E-state index contributed by atoms with van der Waals surface area (Å²) in [6.45, 7) is 0. The van der Waals surface area contributed by atoms with Crippen LogP contribution in [0.3, 0.4) is 0 Å². The topological polar surface area (TPSA) is 54.4 Å². The standard InChI is InChI=1S/C9H16O3S/c1-13-7-6-8(10)4-2-3-5-9(11)12/h2-7H2,1H3,(H,11,12). The molecule has 1 N–H and O–H groups in total. The molecule has 0 aliphatic rings. The number of carbonyl (C=O) groups excluding carboxylic acids is 1. The smallest absolute Gasteiger partial charge is 0.303 e. The summed E-state index contributed by atoms with van der Waals surface area (Å²) < 4.78 is 0. The van der Waals surface area contributed by atoms with Gasteiger partial charge in [0.05, 0.1) is 0 Å². The van der Waals surface area contributed by atoms with Crippen molar-refractivity contribution < 1.29 is 14.7 Å². The summed E-state index contributed by atoms with van der Waals surface area (Å²) in [7, 11) is 0. The molecule has 0 aromatic carbocycles. The summed E-state index contributed by atoms with van der Waals surface area (Å²) in [6, 6.07) is 0. The molecule has 0 aliphatic carbocycles. The van der Waals surface area contributed by atoms with Crippen LogP contribution in [0.1, 0.15) is 32.1 Å². The summed E-state index contributed by atoms with van der Waals surface area (Å²) in [5.74, 6) is 0.342. The zero-order chi connectivity index (χ0) is 10.1. The molecule has 0 rings (SSSR count). The Kier molecular flexibility index (Phi) is 7.79. The number of ketones is 1. The van der Waals surface area contributed by atoms with E-state index in [4.69, 9.17) is 5.11 Å². The van der Waals surface area contributed by atoms with Gasteiger partial charge in [0, 0.05) is 19.3 Å². The molecule has 0 unspecified atom stereocenters. The van der Waals surface area contributed by atoms with Crippen LogP contribution < -0.4 is 0 Å². The van der Waals surface area contributed by atoms with Gasteiger partial charge >= 0.3 is 5.97 Å². The zero-order valence-corrected chi connectivity index (χ0v) is 8.73. The molecule has 0 heterocycles. The number of unbranched alkanes of at least 4 members (excludes halogenated alkanes) is 1. The Morgan fingerprint density at radius 3 is 2.31 bits per heavy atom. The number of aliphatic carboxylic acids is 1. The molecule has 4 heteroatoms. The van der Waals surface area contributed by atoms with Crippen molar-refractivity contribution in [3.63, 3.8) is 0 Å². The molecule has 0 saturated carbocycles. The molecule has 0 aliphatic heterocycles. The van der Waals surface area contributed by atoms with Gasteiger partial charge in [0.15, 0.2) is 0 Å². The lowest BCUT2D eigenvalue weighted by Gasteiger charge is -1.98. The van der Waals surface area contributed by atoms with Crippen LogP contribution in [0.5, 0.6) is 0 Å². The maximum absolute atomic E-state index is 11.1. The van der Waals surface area contributed by atoms with Crippen LogP contribution in [-0.2, 0) is 9.59 Å². The quantitative estimate of drug-likeness (QED) is 0.614. The van der Waals surface area contributed by atoms with Gasteiger partial charge in [-0.3, -0.25) is 9.59 Å². The lowest BCUT2D eigenvalue weighted by Crippen LogP contribution is -2.00. The van der Waals surface area contributed by atoms with E-state index < -0.39 is 5.97 Å². The van der Waals surface area contributed by atoms with Gasteiger partial charge in [0.2, 0.25) is 0 Å². The monoisotopic (exact) mass is 204 g/mol. The average Bonchev–Trinajstić information content (AvgIpc) is 2.08. The molecule has 0 radical (unpaired) electrons. The highest BCUT2D eigenvalue weighted by atomic mass is 32.2. The van der Waals surface area contributed by atoms with Gasteiger partial charge < -0.3 is 5.11 Å². The first-order valence-electron chi connectivity index (χ1n) is 4.39. The molecule has 0 spiro atoms. The molecule has 0 aromatic rings. The highest BCUT2D eigenvalue weighted by Crippen LogP contribution is 2.04. The summed E-state index contributed by atoms with van der Waals surface area (Å²) in [6.07, 6.45) is 4.62. The van der Waals surface area contributed by atoms with Crippen molar-refractivity contribution in [1.29, 1.82) is 0 Å². The minimum absolute atomic E-state index is 0.176. The summed E-state index contributed by atoms with van der Waals surface area (Å²) in [5.41, 5.74) is 0. The molecule has 0 bridgehead atoms. The molecule has 76 valence electrons. The fourth-order valence-electron chi connectivity index (χ4n) is 0.939. The van der Waals surface area contributed by atoms with Crippen LogP contribution >= 0.6 is 11.8 Å². The van der Waals surface area contributed by atoms with E-state index in [2.05, 4.69) is 0 Å². The molecule has 0 fully saturated rings. The SMILES string of the molecule is CSCCC(=O)CCCCC(=O)O. The van der Waals surface area contributed by atoms with Gasteiger partial charge in [-0.1, -0.05) is 0 Å². The number of rotatable bonds is 8. The predicted octanol–water partition coefficient (Wildman–Crippen LogP) is 1.95. The molecule has 0 atom stereocenters. The van der Waals surface area contributed by atoms with E-state index in [-0.39, 0.29) is 12.2 Å². The van der Waals surface area contributed by atoms with Crippen molar-refractivity contribution in [2.45, 2.75) is 32.1 Å². The first kappa shape index (κ1) is 12.5. The molecular weight excluding hydrogens is 188 g/mol. The average molecular weight is 204 g/mol. The maximum atomic E-state index is 11.1. The van der Waals surface area contributed by atoms with Gasteiger partial charge in [-0.25, -0.2) is 0 Å². The Balaban J connectivity index is 3.22. The van der Waals surface area contributed by atoms with Crippen LogP contribution in [0.15, 0.2) is 0 Å². The zero-order valence-electron chi connectivity index (χ0n) is 7.91. The van der Waals surface area contributed by atoms with Crippen molar-refractivity contribution in [2.24, 2.45) is 0 Å². The Labute approximate surface area is 82.9 Å². The fraction of sp³-hybridized carbons (Fsp3) is 0.778. The Hall–Kier alpha value is -0.510. The second-order valence-corrected chi connectivity index (χ2v) is 3.87. The minimum atomic E-state index is -0.781. The first-order chi connectivity index (χ1) is 6.16. The van der Waals surface area contributed by atoms with E-state index in [9.17, 15) is 9.59 Å². The van der Waals surface area contributed by atoms with E-state index >= 15 is 0 Å². The molecule has 13 heavy (non-hydrogen) atoms. The van der Waals surface area contributed by atoms with E-state index in [1.165, 1.54) is 0 Å². The lowest BCUT2D eigenvalue weighted by molar-refractivity contribution is -0.137. The van der Waals surface area contributed by atoms with E-state index in [0.717, 1.165) is 5.75 Å². The van der Waals surface area contributed by atoms with E-state index in [1.54, 1.807) is 11.8 Å². The number of carboxylic acid groups (broad SMARTS) is 1. The van der Waals surface area contributed by atoms with Crippen molar-refractivity contribution >= 4 is 23.5 Å². The minimum Gasteiger partial charge on any atom is -0.481 e. The largest absolute Gasteiger partial charge is 0.481 e. The van der Waals surface area contributed by atoms with Crippen LogP contribution in [0.4, 0.5) is 0 Å². The molecule has 0 amide bonds. The molecule has 0 saturated heterocycles. The second-order valence-electron chi connectivity index (χ2n) is 2.88. The van der Waals surface area contributed by atoms with Gasteiger partial charge in [0.25, 0.3) is 0 Å². The lowest BCUT2D eigenvalue weighted by atomic mass is 10.1. The van der Waals surface area contributed by atoms with Crippen LogP contribution in [0.2, 0.25) is 0 Å². The number of hydrogen-bond donors (Lipinski definition) is 1. The number of carboxylic acids is 1. The van der Waals surface area contributed by atoms with Crippen molar-refractivity contribution in [1.82, 2.24) is 0 Å². The third kappa shape index (κ3) is 9.40. The number of Topliss-reactive ketones (excluding diaryl/α,β-unsaturated/α-hetero) is 1. The number of thioether (sulfide) groups is 1. The van der Waals surface area contributed by atoms with Gasteiger partial charge in [0.1, 0.15) is 5.78 Å². The first-order valence-corrected chi connectivity index (χ1v) is 5.78. The highest BCUT2D eigenvalue weighted by molar-refractivity contribution is 7.98. The van der Waals surface area contributed by atoms with Crippen LogP contribution in [-0.4, -0.2) is 28.9 Å². The third-order valence-corrected chi connectivity index (χ3v) is 2.29. The molecular formula is C9H16O3S. The van der Waals surface area contributed by atoms with E-state index in [0.29, 0.717) is 25.7 Å². The van der Waals surface area contributed by atoms with E-state index in [1.807, 2.05) is 6.26 Å². The maximum Gasteiger partial charge on any atom is 0.303 e. The van der Waals surface area contributed by atoms with Gasteiger partial charge in [-0.2, -0.15) is 11.8 Å². The summed E-state index contributed by atoms with van der Waals surface area (Å²) in [4.78, 5) is 21.2. The predicted molar refractivity (Wildman–Crippen MR) is 54.1 cm³/mol. The highest BCUT2D eigenvalue weighted by Gasteiger charge is 2.02. The normalized spacial score (nSPS) is 9.92. The van der Waals surface area contributed by atoms with Gasteiger partial charge in [-0.05, 0) is 24.9 Å². The Morgan fingerprint density at radius 1 is 1.15 bits per heavy atom. The number of hydrogen-bond acceptors (Lipinski definition) is 3. The third-order valence-electron chi connectivity index (χ3n) is 1.68. The van der Waals surface area contributed by atoms with Crippen LogP contribution in [0, 0.1) is 0 Å².